The number of nitrogens with one attached hydrogen (secondary N) is 6. The zero-order chi connectivity index (χ0) is 107. The molecule has 4 aliphatic heterocycles. The first-order valence-corrected chi connectivity index (χ1v) is 49.7. The zero-order valence-electron chi connectivity index (χ0n) is 88.9. The number of hydrogen-bond acceptors (Lipinski definition) is 27. The minimum atomic E-state index is -0.638. The van der Waals surface area contributed by atoms with Gasteiger partial charge in [0.25, 0.3) is 6.47 Å². The Balaban J connectivity index is 0.000000148. The average Bonchev–Trinajstić information content (AvgIpc) is 1.61. The normalized spacial score (nSPS) is 15.8. The average molecular weight is 2080 g/mol. The molecule has 0 aliphatic carbocycles. The summed E-state index contributed by atoms with van der Waals surface area (Å²) in [5.74, 6) is 1.19. The van der Waals surface area contributed by atoms with Crippen molar-refractivity contribution in [2.24, 2.45) is 0 Å². The number of likely N-dealkylation sites (N-methyl/N-ethyl adjacent to an activating group) is 2. The molecule has 790 valence electrons. The molecule has 0 fully saturated rings. The second kappa shape index (κ2) is 44.6. The summed E-state index contributed by atoms with van der Waals surface area (Å²) in [7, 11) is 8.34. The van der Waals surface area contributed by atoms with Gasteiger partial charge in [-0.1, -0.05) is 24.3 Å². The molecule has 0 radical (unpaired) electrons. The molecule has 4 unspecified atom stereocenters. The molecular weight excluding hydrogens is 1950 g/mol. The van der Waals surface area contributed by atoms with E-state index in [9.17, 15) is 17.6 Å². The highest BCUT2D eigenvalue weighted by atomic mass is 35.5. The standard InChI is InChI=1S/2C29H36F2N8.2C25H27F2N7.CH2O2.ClH/c2*1-17-12-23-19(16-38(17)11-10-37(6)7)8-9-25(34-23)35-28-32-15-22(31)26(36-28)20-13-21(30)27-24(14-20)39(18(2)33-27)29(3,4)5;2*1-13-8-19-15(11-28-13)6-7-21(31-19)32-24-29-12-18(27)22(33-24)16-9-17(26)23-20(10-16)34(14(2)30-23)25(3,4)5;2-1-3;/h2*8-9,13-15,17H,10-12,16H2,1-7H3,(H,32,34,35,36);2*6-7,9-10,12-13,28H,8,11H2,1-5H3,(H,29,31,32,33);1H,(H,2,3);1H. The Labute approximate surface area is 872 Å². The van der Waals surface area contributed by atoms with Crippen LogP contribution in [0.3, 0.4) is 0 Å². The number of hydrogen-bond donors (Lipinski definition) is 7. The number of carbonyl (C=O) groups is 1. The van der Waals surface area contributed by atoms with E-state index >= 15 is 17.6 Å². The molecule has 12 aromatic heterocycles. The number of imidazole rings is 4. The number of nitrogens with zero attached hydrogens (tertiary/aromatic N) is 24. The predicted octanol–water partition coefficient (Wildman–Crippen LogP) is 20.7. The summed E-state index contributed by atoms with van der Waals surface area (Å²) >= 11 is 0. The largest absolute Gasteiger partial charge is 0.483 e. The Morgan fingerprint density at radius 3 is 0.820 bits per heavy atom. The van der Waals surface area contributed by atoms with Gasteiger partial charge in [0.05, 0.1) is 46.9 Å². The van der Waals surface area contributed by atoms with Crippen molar-refractivity contribution in [1.29, 1.82) is 0 Å². The van der Waals surface area contributed by atoms with Crippen LogP contribution in [0.25, 0.3) is 89.2 Å². The number of anilines is 8. The zero-order valence-corrected chi connectivity index (χ0v) is 89.8. The summed E-state index contributed by atoms with van der Waals surface area (Å²) in [6.07, 6.45) is 7.69. The first-order valence-electron chi connectivity index (χ1n) is 49.7. The number of pyridine rings is 4. The maximum Gasteiger partial charge on any atom is 0.290 e. The smallest absolute Gasteiger partial charge is 0.290 e. The molecule has 150 heavy (non-hydrogen) atoms. The van der Waals surface area contributed by atoms with Crippen molar-refractivity contribution in [3.05, 3.63) is 237 Å². The van der Waals surface area contributed by atoms with Gasteiger partial charge in [-0.3, -0.25) is 14.6 Å². The van der Waals surface area contributed by atoms with Crippen molar-refractivity contribution in [3.8, 4) is 45.0 Å². The minimum Gasteiger partial charge on any atom is -0.483 e. The van der Waals surface area contributed by atoms with Crippen molar-refractivity contribution in [3.63, 3.8) is 0 Å². The predicted molar refractivity (Wildman–Crippen MR) is 572 cm³/mol. The van der Waals surface area contributed by atoms with E-state index in [0.717, 1.165) is 137 Å². The highest BCUT2D eigenvalue weighted by Crippen LogP contribution is 2.40. The van der Waals surface area contributed by atoms with Gasteiger partial charge in [-0.2, -0.15) is 0 Å². The third-order valence-electron chi connectivity index (χ3n) is 26.4. The van der Waals surface area contributed by atoms with Gasteiger partial charge < -0.3 is 65.1 Å². The maximum absolute atomic E-state index is 15.1. The van der Waals surface area contributed by atoms with E-state index in [-0.39, 0.29) is 110 Å². The summed E-state index contributed by atoms with van der Waals surface area (Å²) in [6.45, 7) is 47.3. The van der Waals surface area contributed by atoms with Crippen LogP contribution in [0.15, 0.2) is 122 Å². The highest BCUT2D eigenvalue weighted by molar-refractivity contribution is 5.87. The Morgan fingerprint density at radius 2 is 0.587 bits per heavy atom. The van der Waals surface area contributed by atoms with Gasteiger partial charge in [0.1, 0.15) is 91.4 Å². The van der Waals surface area contributed by atoms with E-state index in [1.165, 1.54) is 35.4 Å². The van der Waals surface area contributed by atoms with Crippen molar-refractivity contribution in [2.75, 3.05) is 75.6 Å². The Kier molecular flexibility index (Phi) is 32.7. The molecule has 16 heterocycles. The van der Waals surface area contributed by atoms with Gasteiger partial charge in [0.2, 0.25) is 23.8 Å². The Hall–Kier alpha value is -14.2. The van der Waals surface area contributed by atoms with E-state index in [1.807, 2.05) is 165 Å². The summed E-state index contributed by atoms with van der Waals surface area (Å²) in [4.78, 5) is 88.2. The molecule has 0 bridgehead atoms. The molecule has 4 atom stereocenters. The van der Waals surface area contributed by atoms with Crippen molar-refractivity contribution in [2.45, 2.75) is 237 Å². The van der Waals surface area contributed by atoms with E-state index < -0.39 is 46.5 Å². The molecule has 0 saturated heterocycles. The molecule has 0 saturated carbocycles. The molecular formula is C109H129ClF8N30O2. The number of aromatic nitrogens is 20. The maximum atomic E-state index is 15.1. The highest BCUT2D eigenvalue weighted by Gasteiger charge is 2.33. The van der Waals surface area contributed by atoms with Crippen molar-refractivity contribution < 1.29 is 45.0 Å². The van der Waals surface area contributed by atoms with Crippen LogP contribution in [-0.4, -0.2) is 208 Å². The monoisotopic (exact) mass is 2080 g/mol. The van der Waals surface area contributed by atoms with Crippen molar-refractivity contribution >= 4 is 110 Å². The summed E-state index contributed by atoms with van der Waals surface area (Å²) in [5.41, 5.74) is 12.2. The quantitative estimate of drug-likeness (QED) is 0.0310. The fourth-order valence-electron chi connectivity index (χ4n) is 19.8. The number of fused-ring (bicyclic) bond motifs is 8. The number of rotatable bonds is 18. The lowest BCUT2D eigenvalue weighted by atomic mass is 9.99. The van der Waals surface area contributed by atoms with Gasteiger partial charge >= 0.3 is 0 Å². The lowest BCUT2D eigenvalue weighted by molar-refractivity contribution is -0.122. The lowest BCUT2D eigenvalue weighted by Gasteiger charge is -2.35. The topological polar surface area (TPSA) is 348 Å². The van der Waals surface area contributed by atoms with E-state index in [2.05, 4.69) is 189 Å². The Bertz CT molecular complexity index is 7270. The van der Waals surface area contributed by atoms with Crippen molar-refractivity contribution in [1.82, 2.24) is 128 Å². The van der Waals surface area contributed by atoms with Crippen LogP contribution in [0.5, 0.6) is 0 Å². The van der Waals surface area contributed by atoms with Crippen LogP contribution in [0, 0.1) is 74.2 Å². The van der Waals surface area contributed by atoms with Crippen LogP contribution < -0.4 is 31.9 Å². The first kappa shape index (κ1) is 110. The minimum absolute atomic E-state index is 0. The van der Waals surface area contributed by atoms with Crippen LogP contribution in [0.4, 0.5) is 82.2 Å². The molecule has 4 aromatic carbocycles. The van der Waals surface area contributed by atoms with Crippen LogP contribution >= 0.6 is 12.4 Å². The molecule has 16 aromatic rings. The number of aryl methyl sites for hydroxylation is 4. The van der Waals surface area contributed by atoms with Crippen LogP contribution in [0.1, 0.15) is 179 Å². The van der Waals surface area contributed by atoms with Crippen LogP contribution in [0.2, 0.25) is 0 Å². The van der Waals surface area contributed by atoms with Gasteiger partial charge in [0, 0.05) is 169 Å². The third kappa shape index (κ3) is 24.6. The molecule has 20 rings (SSSR count). The summed E-state index contributed by atoms with van der Waals surface area (Å²) in [6, 6.07) is 29.1. The fraction of sp³-hybridized carbons (Fsp3) is 0.404. The molecule has 41 heteroatoms. The van der Waals surface area contributed by atoms with Gasteiger partial charge in [-0.15, -0.1) is 12.4 Å². The SMILES string of the molecule is Cc1nc2c(F)cc(-c3nc(Nc4ccc5c(n4)CC(C)N(CCN(C)C)C5)ncc3F)cc2n1C(C)(C)C.Cc1nc2c(F)cc(-c3nc(Nc4ccc5c(n4)CC(C)N(CCN(C)C)C5)ncc3F)cc2n1C(C)(C)C.Cc1nc2c(F)cc(-c3nc(Nc4ccc5c(n4)CC(C)NC5)ncc3F)cc2n1C(C)(C)C.Cc1nc2c(F)cc(-c3nc(Nc4ccc5c(n4)CC(C)NC5)ncc3F)cc2n1C(C)(C)C.Cl.O=CO. The summed E-state index contributed by atoms with van der Waals surface area (Å²) < 4.78 is 128. The molecule has 0 spiro atoms. The second-order valence-electron chi connectivity index (χ2n) is 43.0. The first-order chi connectivity index (χ1) is 70.4. The number of benzene rings is 4. The van der Waals surface area contributed by atoms with E-state index in [1.54, 1.807) is 24.3 Å². The molecule has 32 nitrogen and oxygen atoms in total. The third-order valence-corrected chi connectivity index (χ3v) is 26.4. The van der Waals surface area contributed by atoms with E-state index in [0.29, 0.717) is 115 Å². The van der Waals surface area contributed by atoms with Gasteiger partial charge in [-0.25, -0.2) is 115 Å². The molecule has 7 N–H and O–H groups in total. The van der Waals surface area contributed by atoms with Crippen LogP contribution in [-0.2, 0) is 78.8 Å². The Morgan fingerprint density at radius 1 is 0.353 bits per heavy atom. The van der Waals surface area contributed by atoms with Gasteiger partial charge in [-0.05, 0) is 262 Å². The van der Waals surface area contributed by atoms with E-state index in [4.69, 9.17) is 19.9 Å². The summed E-state index contributed by atoms with van der Waals surface area (Å²) in [5, 5.41) is 26.1. The number of carboxylic acid groups (broad SMARTS) is 1. The second-order valence-corrected chi connectivity index (χ2v) is 43.0. The number of halogens is 9. The molecule has 0 amide bonds. The lowest BCUT2D eigenvalue weighted by Crippen LogP contribution is -2.42. The van der Waals surface area contributed by atoms with Gasteiger partial charge in [0.15, 0.2) is 46.5 Å². The fourth-order valence-corrected chi connectivity index (χ4v) is 19.8. The molecule has 4 aliphatic rings.